The second-order valence-electron chi connectivity index (χ2n) is 3.85. The Labute approximate surface area is 111 Å². The minimum Gasteiger partial charge on any atom is -0.324 e. The van der Waals surface area contributed by atoms with Crippen molar-refractivity contribution in [2.75, 3.05) is 16.4 Å². The fraction of sp³-hybridized carbons (Fsp3) is 0.182. The molecule has 0 radical (unpaired) electrons. The van der Waals surface area contributed by atoms with Crippen LogP contribution in [0.1, 0.15) is 6.92 Å². The maximum Gasteiger partial charge on any atom is 0.234 e. The number of hydrogen-bond donors (Lipinski definition) is 2. The lowest BCUT2D eigenvalue weighted by molar-refractivity contribution is -0.114. The van der Waals surface area contributed by atoms with E-state index in [0.29, 0.717) is 10.9 Å². The Morgan fingerprint density at radius 1 is 1.50 bits per heavy atom. The Bertz CT molecular complexity index is 666. The Morgan fingerprint density at radius 2 is 2.33 bits per heavy atom. The van der Waals surface area contributed by atoms with E-state index in [0.717, 1.165) is 20.8 Å². The molecule has 92 valence electrons. The van der Waals surface area contributed by atoms with E-state index in [4.69, 9.17) is 0 Å². The summed E-state index contributed by atoms with van der Waals surface area (Å²) in [7, 11) is 0. The number of carbonyl (C=O) groups excluding carboxylic acids is 2. The molecular weight excluding hydrogens is 270 g/mol. The van der Waals surface area contributed by atoms with Crippen molar-refractivity contribution in [3.05, 3.63) is 12.1 Å². The maximum atomic E-state index is 11.3. The van der Waals surface area contributed by atoms with Gasteiger partial charge in [-0.1, -0.05) is 11.3 Å². The van der Waals surface area contributed by atoms with Gasteiger partial charge < -0.3 is 10.6 Å². The van der Waals surface area contributed by atoms with Gasteiger partial charge in [0.2, 0.25) is 11.8 Å². The quantitative estimate of drug-likeness (QED) is 0.840. The Hall–Kier alpha value is -1.60. The first kappa shape index (κ1) is 11.5. The molecule has 1 aliphatic rings. The fourth-order valence-electron chi connectivity index (χ4n) is 1.71. The molecule has 2 N–H and O–H groups in total. The first-order valence-corrected chi connectivity index (χ1v) is 7.07. The average Bonchev–Trinajstić information content (AvgIpc) is 2.65. The molecule has 0 unspecified atom stereocenters. The summed E-state index contributed by atoms with van der Waals surface area (Å²) >= 11 is 2.94. The third-order valence-corrected chi connectivity index (χ3v) is 4.39. The van der Waals surface area contributed by atoms with Gasteiger partial charge >= 0.3 is 0 Å². The van der Waals surface area contributed by atoms with E-state index in [1.165, 1.54) is 30.0 Å². The van der Waals surface area contributed by atoms with Crippen LogP contribution in [0.5, 0.6) is 0 Å². The summed E-state index contributed by atoms with van der Waals surface area (Å²) in [4.78, 5) is 27.6. The first-order chi connectivity index (χ1) is 8.61. The van der Waals surface area contributed by atoms with Crippen molar-refractivity contribution in [2.45, 2.75) is 11.8 Å². The summed E-state index contributed by atoms with van der Waals surface area (Å²) in [5.74, 6) is 0.307. The minimum absolute atomic E-state index is 0.00386. The highest BCUT2D eigenvalue weighted by Crippen LogP contribution is 2.37. The number of benzene rings is 1. The van der Waals surface area contributed by atoms with Crippen LogP contribution < -0.4 is 10.6 Å². The molecule has 1 aromatic heterocycles. The minimum atomic E-state index is -0.138. The van der Waals surface area contributed by atoms with Gasteiger partial charge in [-0.15, -0.1) is 11.8 Å². The highest BCUT2D eigenvalue weighted by molar-refractivity contribution is 8.00. The molecule has 2 aromatic rings. The summed E-state index contributed by atoms with van der Waals surface area (Å²) in [5.41, 5.74) is 1.58. The first-order valence-electron chi connectivity index (χ1n) is 5.26. The van der Waals surface area contributed by atoms with Gasteiger partial charge in [0.25, 0.3) is 0 Å². The second kappa shape index (κ2) is 4.25. The van der Waals surface area contributed by atoms with Crippen LogP contribution in [0.25, 0.3) is 10.2 Å². The Balaban J connectivity index is 2.06. The van der Waals surface area contributed by atoms with E-state index in [-0.39, 0.29) is 11.8 Å². The average molecular weight is 279 g/mol. The molecule has 0 bridgehead atoms. The molecule has 1 aromatic carbocycles. The third kappa shape index (κ3) is 2.06. The lowest BCUT2D eigenvalue weighted by atomic mass is 10.3. The van der Waals surface area contributed by atoms with Crippen LogP contribution in [0.15, 0.2) is 17.0 Å². The number of amides is 2. The molecule has 7 heteroatoms. The number of carbonyl (C=O) groups is 2. The van der Waals surface area contributed by atoms with Crippen LogP contribution in [0, 0.1) is 0 Å². The van der Waals surface area contributed by atoms with Gasteiger partial charge in [-0.05, 0) is 12.1 Å². The van der Waals surface area contributed by atoms with Crippen LogP contribution >= 0.6 is 23.1 Å². The van der Waals surface area contributed by atoms with Crippen LogP contribution in [0.2, 0.25) is 0 Å². The van der Waals surface area contributed by atoms with Crippen LogP contribution in [0.4, 0.5) is 10.8 Å². The van der Waals surface area contributed by atoms with Gasteiger partial charge in [0.1, 0.15) is 0 Å². The van der Waals surface area contributed by atoms with Gasteiger partial charge in [-0.25, -0.2) is 4.98 Å². The zero-order chi connectivity index (χ0) is 12.7. The molecular formula is C11H9N3O2S2. The number of nitrogens with zero attached hydrogens (tertiary/aromatic N) is 1. The van der Waals surface area contributed by atoms with Crippen LogP contribution in [-0.4, -0.2) is 22.6 Å². The molecule has 2 amide bonds. The van der Waals surface area contributed by atoms with Crippen molar-refractivity contribution in [1.82, 2.24) is 4.98 Å². The van der Waals surface area contributed by atoms with Crippen LogP contribution in [-0.2, 0) is 9.59 Å². The Kier molecular flexibility index (Phi) is 2.71. The summed E-state index contributed by atoms with van der Waals surface area (Å²) in [6.45, 7) is 1.45. The lowest BCUT2D eigenvalue weighted by Gasteiger charge is -2.15. The van der Waals surface area contributed by atoms with E-state index in [9.17, 15) is 9.59 Å². The molecule has 2 heterocycles. The summed E-state index contributed by atoms with van der Waals surface area (Å²) < 4.78 is 1.00. The maximum absolute atomic E-state index is 11.3. The molecule has 3 rings (SSSR count). The van der Waals surface area contributed by atoms with Gasteiger partial charge in [0.05, 0.1) is 21.7 Å². The van der Waals surface area contributed by atoms with Crippen molar-refractivity contribution in [2.24, 2.45) is 0 Å². The molecule has 0 fully saturated rings. The van der Waals surface area contributed by atoms with Crippen LogP contribution in [0.3, 0.4) is 0 Å². The molecule has 0 saturated carbocycles. The highest BCUT2D eigenvalue weighted by Gasteiger charge is 2.17. The summed E-state index contributed by atoms with van der Waals surface area (Å²) in [6.07, 6.45) is 0. The number of anilines is 2. The number of hydrogen-bond acceptors (Lipinski definition) is 5. The van der Waals surface area contributed by atoms with E-state index in [2.05, 4.69) is 15.6 Å². The number of fused-ring (bicyclic) bond motifs is 2. The number of thioether (sulfide) groups is 1. The van der Waals surface area contributed by atoms with Gasteiger partial charge in [0, 0.05) is 11.8 Å². The van der Waals surface area contributed by atoms with Crippen molar-refractivity contribution < 1.29 is 9.59 Å². The standard InChI is InChI=1S/C11H9N3O2S2/c1-5(15)12-11-14-7-2-6-8(3-9(7)18-11)17-4-10(16)13-6/h2-3H,4H2,1H3,(H,13,16)(H,12,14,15). The van der Waals surface area contributed by atoms with E-state index < -0.39 is 0 Å². The summed E-state index contributed by atoms with van der Waals surface area (Å²) in [5, 5.41) is 6.07. The van der Waals surface area contributed by atoms with Gasteiger partial charge in [0.15, 0.2) is 5.13 Å². The van der Waals surface area contributed by atoms with Gasteiger partial charge in [-0.2, -0.15) is 0 Å². The van der Waals surface area contributed by atoms with E-state index >= 15 is 0 Å². The molecule has 1 aliphatic heterocycles. The van der Waals surface area contributed by atoms with Crippen molar-refractivity contribution in [3.63, 3.8) is 0 Å². The zero-order valence-corrected chi connectivity index (χ0v) is 11.1. The molecule has 5 nitrogen and oxygen atoms in total. The van der Waals surface area contributed by atoms with Crippen molar-refractivity contribution in [1.29, 1.82) is 0 Å². The smallest absolute Gasteiger partial charge is 0.234 e. The third-order valence-electron chi connectivity index (χ3n) is 2.41. The number of thiazole rings is 1. The van der Waals surface area contributed by atoms with Crippen molar-refractivity contribution >= 4 is 55.9 Å². The SMILES string of the molecule is CC(=O)Nc1nc2cc3c(cc2s1)SCC(=O)N3. The largest absolute Gasteiger partial charge is 0.324 e. The second-order valence-corrected chi connectivity index (χ2v) is 5.90. The monoisotopic (exact) mass is 279 g/mol. The number of aromatic nitrogens is 1. The predicted octanol–water partition coefficient (Wildman–Crippen LogP) is 2.30. The zero-order valence-electron chi connectivity index (χ0n) is 9.44. The number of rotatable bonds is 1. The fourth-order valence-corrected chi connectivity index (χ4v) is 3.54. The summed E-state index contributed by atoms with van der Waals surface area (Å²) in [6, 6.07) is 3.84. The molecule has 18 heavy (non-hydrogen) atoms. The Morgan fingerprint density at radius 3 is 3.11 bits per heavy atom. The predicted molar refractivity (Wildman–Crippen MR) is 73.3 cm³/mol. The molecule has 0 aliphatic carbocycles. The normalized spacial score (nSPS) is 14.2. The lowest BCUT2D eigenvalue weighted by Crippen LogP contribution is -2.18. The van der Waals surface area contributed by atoms with Gasteiger partial charge in [-0.3, -0.25) is 9.59 Å². The van der Waals surface area contributed by atoms with Crippen molar-refractivity contribution in [3.8, 4) is 0 Å². The highest BCUT2D eigenvalue weighted by atomic mass is 32.2. The number of nitrogens with one attached hydrogen (secondary N) is 2. The van der Waals surface area contributed by atoms with E-state index in [1.54, 1.807) is 0 Å². The topological polar surface area (TPSA) is 71.1 Å². The molecule has 0 atom stereocenters. The van der Waals surface area contributed by atoms with E-state index in [1.807, 2.05) is 12.1 Å². The molecule has 0 saturated heterocycles. The molecule has 0 spiro atoms.